The summed E-state index contributed by atoms with van der Waals surface area (Å²) in [6.45, 7) is 1.55. The number of hydrogen-bond acceptors (Lipinski definition) is 3. The summed E-state index contributed by atoms with van der Waals surface area (Å²) < 4.78 is 5.91. The summed E-state index contributed by atoms with van der Waals surface area (Å²) in [5.41, 5.74) is 3.17. The third kappa shape index (κ3) is 2.30. The second kappa shape index (κ2) is 4.93. The summed E-state index contributed by atoms with van der Waals surface area (Å²) in [5, 5.41) is 0.716. The predicted molar refractivity (Wildman–Crippen MR) is 83.3 cm³/mol. The molecule has 0 N–H and O–H groups in total. The van der Waals surface area contributed by atoms with Crippen molar-refractivity contribution in [3.8, 4) is 11.5 Å². The van der Waals surface area contributed by atoms with Gasteiger partial charge in [-0.3, -0.25) is 0 Å². The van der Waals surface area contributed by atoms with Crippen LogP contribution in [-0.2, 0) is 13.1 Å². The van der Waals surface area contributed by atoms with Gasteiger partial charge < -0.3 is 9.32 Å². The molecular weight excluding hydrogens is 284 g/mol. The smallest absolute Gasteiger partial charge is 0.226 e. The predicted octanol–water partition coefficient (Wildman–Crippen LogP) is 4.52. The number of halogens is 1. The van der Waals surface area contributed by atoms with Gasteiger partial charge in [-0.2, -0.15) is 0 Å². The Bertz CT molecular complexity index is 742. The van der Waals surface area contributed by atoms with E-state index in [-0.39, 0.29) is 0 Å². The van der Waals surface area contributed by atoms with Gasteiger partial charge in [0.15, 0.2) is 0 Å². The van der Waals surface area contributed by atoms with Crippen LogP contribution in [0.3, 0.4) is 0 Å². The first-order valence-corrected chi connectivity index (χ1v) is 7.22. The number of nitrogens with zero attached hydrogens (tertiary/aromatic N) is 2. The summed E-state index contributed by atoms with van der Waals surface area (Å²) >= 11 is 5.90. The minimum absolute atomic E-state index is 0.671. The number of fused-ring (bicyclic) bond motifs is 1. The largest absolute Gasteiger partial charge is 0.439 e. The normalized spacial score (nSPS) is 13.5. The highest BCUT2D eigenvalue weighted by atomic mass is 35.5. The molecule has 3 aromatic rings. The quantitative estimate of drug-likeness (QED) is 0.696. The second-order valence-corrected chi connectivity index (χ2v) is 5.52. The van der Waals surface area contributed by atoms with E-state index in [2.05, 4.69) is 22.0 Å². The highest BCUT2D eigenvalue weighted by Crippen LogP contribution is 2.31. The molecule has 4 rings (SSSR count). The molecule has 0 atom stereocenters. The first-order chi connectivity index (χ1) is 10.3. The highest BCUT2D eigenvalue weighted by Gasteiger charge is 2.25. The summed E-state index contributed by atoms with van der Waals surface area (Å²) in [7, 11) is 0. The van der Waals surface area contributed by atoms with Crippen molar-refractivity contribution in [3.05, 3.63) is 71.1 Å². The van der Waals surface area contributed by atoms with Crippen LogP contribution in [0.4, 0.5) is 5.69 Å². The summed E-state index contributed by atoms with van der Waals surface area (Å²) in [6.07, 6.45) is 0. The Morgan fingerprint density at radius 2 is 1.71 bits per heavy atom. The average Bonchev–Trinajstić information content (AvgIpc) is 3.07. The summed E-state index contributed by atoms with van der Waals surface area (Å²) in [6, 6.07) is 17.9. The first kappa shape index (κ1) is 12.5. The lowest BCUT2D eigenvalue weighted by Gasteiger charge is -2.16. The lowest BCUT2D eigenvalue weighted by atomic mass is 10.2. The molecule has 2 aromatic carbocycles. The molecule has 3 nitrogen and oxygen atoms in total. The third-order valence-corrected chi connectivity index (χ3v) is 3.92. The zero-order chi connectivity index (χ0) is 14.2. The van der Waals surface area contributed by atoms with E-state index in [4.69, 9.17) is 16.0 Å². The maximum Gasteiger partial charge on any atom is 0.226 e. The lowest BCUT2D eigenvalue weighted by molar-refractivity contribution is 0.522. The summed E-state index contributed by atoms with van der Waals surface area (Å²) in [4.78, 5) is 6.87. The van der Waals surface area contributed by atoms with Crippen molar-refractivity contribution in [3.63, 3.8) is 0 Å². The molecule has 0 radical (unpaired) electrons. The van der Waals surface area contributed by atoms with Gasteiger partial charge in [-0.15, -0.1) is 0 Å². The number of benzene rings is 2. The van der Waals surface area contributed by atoms with Crippen LogP contribution in [0.15, 0.2) is 59.0 Å². The molecule has 1 aliphatic rings. The number of rotatable bonds is 2. The molecule has 1 aromatic heterocycles. The fourth-order valence-electron chi connectivity index (χ4n) is 2.58. The molecule has 0 fully saturated rings. The molecule has 0 saturated carbocycles. The van der Waals surface area contributed by atoms with Crippen LogP contribution in [0.5, 0.6) is 0 Å². The molecule has 104 valence electrons. The van der Waals surface area contributed by atoms with Crippen molar-refractivity contribution in [2.45, 2.75) is 13.1 Å². The topological polar surface area (TPSA) is 29.3 Å². The Labute approximate surface area is 127 Å². The van der Waals surface area contributed by atoms with E-state index in [1.165, 1.54) is 5.69 Å². The third-order valence-electron chi connectivity index (χ3n) is 3.67. The molecule has 4 heteroatoms. The van der Waals surface area contributed by atoms with Gasteiger partial charge in [0.25, 0.3) is 0 Å². The number of hydrogen-bond donors (Lipinski definition) is 0. The minimum Gasteiger partial charge on any atom is -0.439 e. The standard InChI is InChI=1S/C17H13ClN2O/c18-13-8-6-12(7-9-13)17-19-15-10-20(11-16(15)21-17)14-4-2-1-3-5-14/h1-9H,10-11H2. The Morgan fingerprint density at radius 3 is 2.43 bits per heavy atom. The average molecular weight is 297 g/mol. The maximum atomic E-state index is 5.91. The fraction of sp³-hybridized carbons (Fsp3) is 0.118. The van der Waals surface area contributed by atoms with Crippen molar-refractivity contribution in [2.24, 2.45) is 0 Å². The fourth-order valence-corrected chi connectivity index (χ4v) is 2.70. The molecule has 1 aliphatic heterocycles. The van der Waals surface area contributed by atoms with Gasteiger partial charge in [0.05, 0.1) is 13.1 Å². The minimum atomic E-state index is 0.671. The molecule has 0 saturated heterocycles. The van der Waals surface area contributed by atoms with Gasteiger partial charge in [-0.1, -0.05) is 29.8 Å². The molecule has 0 amide bonds. The Kier molecular flexibility index (Phi) is 2.93. The van der Waals surface area contributed by atoms with Gasteiger partial charge >= 0.3 is 0 Å². The number of aromatic nitrogens is 1. The molecule has 2 heterocycles. The molecule has 0 bridgehead atoms. The van der Waals surface area contributed by atoms with Crippen molar-refractivity contribution < 1.29 is 4.42 Å². The number of oxazole rings is 1. The van der Waals surface area contributed by atoms with Crippen molar-refractivity contribution in [1.29, 1.82) is 0 Å². The highest BCUT2D eigenvalue weighted by molar-refractivity contribution is 6.30. The van der Waals surface area contributed by atoms with Crippen LogP contribution >= 0.6 is 11.6 Å². The van der Waals surface area contributed by atoms with E-state index < -0.39 is 0 Å². The zero-order valence-electron chi connectivity index (χ0n) is 11.3. The van der Waals surface area contributed by atoms with Crippen LogP contribution < -0.4 is 4.90 Å². The van der Waals surface area contributed by atoms with Crippen molar-refractivity contribution in [1.82, 2.24) is 4.98 Å². The van der Waals surface area contributed by atoms with Gasteiger partial charge in [0.1, 0.15) is 11.5 Å². The van der Waals surface area contributed by atoms with Crippen LogP contribution in [0.1, 0.15) is 11.5 Å². The number of para-hydroxylation sites is 1. The second-order valence-electron chi connectivity index (χ2n) is 5.09. The molecule has 21 heavy (non-hydrogen) atoms. The van der Waals surface area contributed by atoms with E-state index in [1.807, 2.05) is 42.5 Å². The van der Waals surface area contributed by atoms with Crippen LogP contribution in [0.2, 0.25) is 5.02 Å². The van der Waals surface area contributed by atoms with Gasteiger partial charge in [-0.05, 0) is 36.4 Å². The van der Waals surface area contributed by atoms with E-state index in [9.17, 15) is 0 Å². The van der Waals surface area contributed by atoms with Crippen molar-refractivity contribution >= 4 is 17.3 Å². The van der Waals surface area contributed by atoms with E-state index in [0.29, 0.717) is 10.9 Å². The van der Waals surface area contributed by atoms with Gasteiger partial charge in [0.2, 0.25) is 5.89 Å². The first-order valence-electron chi connectivity index (χ1n) is 6.84. The lowest BCUT2D eigenvalue weighted by Crippen LogP contribution is -2.14. The molecule has 0 unspecified atom stereocenters. The van der Waals surface area contributed by atoms with Crippen LogP contribution in [0, 0.1) is 0 Å². The monoisotopic (exact) mass is 296 g/mol. The molecule has 0 aliphatic carbocycles. The summed E-state index contributed by atoms with van der Waals surface area (Å²) in [5.74, 6) is 1.62. The maximum absolute atomic E-state index is 5.91. The van der Waals surface area contributed by atoms with Gasteiger partial charge in [-0.25, -0.2) is 4.98 Å². The Morgan fingerprint density at radius 1 is 0.952 bits per heavy atom. The Balaban J connectivity index is 1.59. The van der Waals surface area contributed by atoms with Crippen molar-refractivity contribution in [2.75, 3.05) is 4.90 Å². The van der Waals surface area contributed by atoms with E-state index in [1.54, 1.807) is 0 Å². The van der Waals surface area contributed by atoms with Crippen LogP contribution in [-0.4, -0.2) is 4.98 Å². The number of anilines is 1. The Hall–Kier alpha value is -2.26. The van der Waals surface area contributed by atoms with E-state index in [0.717, 1.165) is 30.1 Å². The SMILES string of the molecule is Clc1ccc(-c2nc3c(o2)CN(c2ccccc2)C3)cc1. The molecular formula is C17H13ClN2O. The van der Waals surface area contributed by atoms with Gasteiger partial charge in [0, 0.05) is 16.3 Å². The van der Waals surface area contributed by atoms with E-state index >= 15 is 0 Å². The molecule has 0 spiro atoms. The van der Waals surface area contributed by atoms with Crippen LogP contribution in [0.25, 0.3) is 11.5 Å². The zero-order valence-corrected chi connectivity index (χ0v) is 12.0.